The number of halogens is 4. The maximum absolute atomic E-state index is 12.1. The lowest BCUT2D eigenvalue weighted by molar-refractivity contribution is -0.134. The highest BCUT2D eigenvalue weighted by molar-refractivity contribution is 8.00. The Labute approximate surface area is 104 Å². The highest BCUT2D eigenvalue weighted by atomic mass is 35.5. The fraction of sp³-hybridized carbons (Fsp3) is 0.222. The van der Waals surface area contributed by atoms with Crippen LogP contribution in [-0.2, 0) is 4.79 Å². The van der Waals surface area contributed by atoms with E-state index < -0.39 is 18.0 Å². The molecule has 0 aliphatic rings. The standard InChI is InChI=1S/C9H7ClF3NO2S/c10-6-2-1-5(17-9(11,12)13)3-7(6)14-4-8(15)16/h1-3,14H,4H2,(H,15,16). The average molecular weight is 286 g/mol. The number of aliphatic carboxylic acids is 1. The van der Waals surface area contributed by atoms with E-state index in [0.717, 1.165) is 6.07 Å². The van der Waals surface area contributed by atoms with Gasteiger partial charge in [-0.15, -0.1) is 0 Å². The Morgan fingerprint density at radius 1 is 1.47 bits per heavy atom. The number of nitrogens with one attached hydrogen (secondary N) is 1. The molecule has 3 nitrogen and oxygen atoms in total. The van der Waals surface area contributed by atoms with Gasteiger partial charge in [0.25, 0.3) is 0 Å². The second-order valence-electron chi connectivity index (χ2n) is 2.94. The van der Waals surface area contributed by atoms with Crippen LogP contribution in [0.1, 0.15) is 0 Å². The number of alkyl halides is 3. The van der Waals surface area contributed by atoms with Gasteiger partial charge in [-0.25, -0.2) is 0 Å². The zero-order valence-electron chi connectivity index (χ0n) is 8.21. The minimum absolute atomic E-state index is 0.0604. The maximum atomic E-state index is 12.1. The molecular weight excluding hydrogens is 279 g/mol. The second kappa shape index (κ2) is 5.50. The molecule has 0 atom stereocenters. The van der Waals surface area contributed by atoms with Gasteiger partial charge in [-0.2, -0.15) is 13.2 Å². The van der Waals surface area contributed by atoms with Crippen LogP contribution in [0.25, 0.3) is 0 Å². The van der Waals surface area contributed by atoms with E-state index in [4.69, 9.17) is 16.7 Å². The molecule has 2 N–H and O–H groups in total. The molecule has 1 aromatic rings. The van der Waals surface area contributed by atoms with Crippen molar-refractivity contribution >= 4 is 35.0 Å². The molecule has 0 saturated heterocycles. The number of hydrogen-bond acceptors (Lipinski definition) is 3. The van der Waals surface area contributed by atoms with E-state index in [1.807, 2.05) is 0 Å². The van der Waals surface area contributed by atoms with Crippen LogP contribution in [-0.4, -0.2) is 23.1 Å². The first-order chi connectivity index (χ1) is 7.78. The van der Waals surface area contributed by atoms with E-state index in [2.05, 4.69) is 5.32 Å². The maximum Gasteiger partial charge on any atom is 0.446 e. The van der Waals surface area contributed by atoms with Crippen molar-refractivity contribution in [1.82, 2.24) is 0 Å². The summed E-state index contributed by atoms with van der Waals surface area (Å²) in [5.41, 5.74) is -4.24. The molecule has 0 aromatic heterocycles. The summed E-state index contributed by atoms with van der Waals surface area (Å²) >= 11 is 5.42. The largest absolute Gasteiger partial charge is 0.480 e. The Kier molecular flexibility index (Phi) is 4.53. The molecule has 0 radical (unpaired) electrons. The first-order valence-corrected chi connectivity index (χ1v) is 5.48. The number of carboxylic acid groups (broad SMARTS) is 1. The molecule has 0 aliphatic carbocycles. The first-order valence-electron chi connectivity index (χ1n) is 4.29. The number of carbonyl (C=O) groups is 1. The lowest BCUT2D eigenvalue weighted by Crippen LogP contribution is -2.12. The van der Waals surface area contributed by atoms with E-state index in [0.29, 0.717) is 0 Å². The molecule has 0 bridgehead atoms. The quantitative estimate of drug-likeness (QED) is 0.832. The third kappa shape index (κ3) is 5.18. The van der Waals surface area contributed by atoms with Gasteiger partial charge in [0, 0.05) is 4.90 Å². The Morgan fingerprint density at radius 2 is 2.12 bits per heavy atom. The summed E-state index contributed by atoms with van der Waals surface area (Å²) < 4.78 is 36.3. The van der Waals surface area contributed by atoms with Crippen LogP contribution in [0.3, 0.4) is 0 Å². The first kappa shape index (κ1) is 14.0. The fourth-order valence-electron chi connectivity index (χ4n) is 1.01. The summed E-state index contributed by atoms with van der Waals surface area (Å²) in [6, 6.07) is 3.65. The molecule has 0 unspecified atom stereocenters. The second-order valence-corrected chi connectivity index (χ2v) is 4.48. The van der Waals surface area contributed by atoms with Gasteiger partial charge in [0.05, 0.1) is 10.7 Å². The monoisotopic (exact) mass is 285 g/mol. The molecule has 0 spiro atoms. The molecule has 0 aliphatic heterocycles. The SMILES string of the molecule is O=C(O)CNc1cc(SC(F)(F)F)ccc1Cl. The van der Waals surface area contributed by atoms with Gasteiger partial charge in [0.1, 0.15) is 6.54 Å². The van der Waals surface area contributed by atoms with E-state index >= 15 is 0 Å². The van der Waals surface area contributed by atoms with Crippen LogP contribution < -0.4 is 5.32 Å². The van der Waals surface area contributed by atoms with Crippen LogP contribution in [0.5, 0.6) is 0 Å². The normalized spacial score (nSPS) is 11.3. The van der Waals surface area contributed by atoms with Crippen molar-refractivity contribution in [3.05, 3.63) is 23.2 Å². The van der Waals surface area contributed by atoms with E-state index in [9.17, 15) is 18.0 Å². The minimum atomic E-state index is -4.39. The van der Waals surface area contributed by atoms with Crippen LogP contribution >= 0.6 is 23.4 Å². The number of thioether (sulfide) groups is 1. The van der Waals surface area contributed by atoms with Gasteiger partial charge < -0.3 is 10.4 Å². The van der Waals surface area contributed by atoms with Crippen molar-refractivity contribution in [3.8, 4) is 0 Å². The predicted octanol–water partition coefficient (Wildman–Crippen LogP) is 3.45. The Bertz CT molecular complexity index is 425. The van der Waals surface area contributed by atoms with Crippen LogP contribution in [0.2, 0.25) is 5.02 Å². The third-order valence-corrected chi connectivity index (χ3v) is 2.65. The van der Waals surface area contributed by atoms with Crippen molar-refractivity contribution in [3.63, 3.8) is 0 Å². The number of rotatable bonds is 4. The Balaban J connectivity index is 2.83. The highest BCUT2D eigenvalue weighted by Gasteiger charge is 2.29. The molecule has 1 rings (SSSR count). The summed E-state index contributed by atoms with van der Waals surface area (Å²) in [6.07, 6.45) is 0. The van der Waals surface area contributed by atoms with Gasteiger partial charge in [-0.1, -0.05) is 11.6 Å². The molecule has 0 fully saturated rings. The summed E-state index contributed by atoms with van der Waals surface area (Å²) in [4.78, 5) is 10.2. The van der Waals surface area contributed by atoms with Crippen molar-refractivity contribution in [2.24, 2.45) is 0 Å². The van der Waals surface area contributed by atoms with Gasteiger partial charge in [-0.3, -0.25) is 4.79 Å². The summed E-state index contributed by atoms with van der Waals surface area (Å²) in [6.45, 7) is -0.417. The van der Waals surface area contributed by atoms with E-state index in [1.54, 1.807) is 0 Å². The molecule has 0 amide bonds. The lowest BCUT2D eigenvalue weighted by Gasteiger charge is -2.10. The average Bonchev–Trinajstić information content (AvgIpc) is 2.16. The molecule has 1 aromatic carbocycles. The molecule has 0 saturated carbocycles. The Morgan fingerprint density at radius 3 is 2.65 bits per heavy atom. The predicted molar refractivity (Wildman–Crippen MR) is 59.5 cm³/mol. The molecular formula is C9H7ClF3NO2S. The van der Waals surface area contributed by atoms with Gasteiger partial charge >= 0.3 is 11.5 Å². The van der Waals surface area contributed by atoms with Crippen molar-refractivity contribution in [1.29, 1.82) is 0 Å². The van der Waals surface area contributed by atoms with Crippen molar-refractivity contribution in [2.75, 3.05) is 11.9 Å². The molecule has 8 heteroatoms. The third-order valence-electron chi connectivity index (χ3n) is 1.60. The van der Waals surface area contributed by atoms with Gasteiger partial charge in [-0.05, 0) is 30.0 Å². The molecule has 0 heterocycles. The number of carboxylic acids is 1. The van der Waals surface area contributed by atoms with Gasteiger partial charge in [0.2, 0.25) is 0 Å². The fourth-order valence-corrected chi connectivity index (χ4v) is 1.77. The van der Waals surface area contributed by atoms with E-state index in [-0.39, 0.29) is 27.4 Å². The van der Waals surface area contributed by atoms with Crippen LogP contribution in [0, 0.1) is 0 Å². The summed E-state index contributed by atoms with van der Waals surface area (Å²) in [7, 11) is 0. The zero-order chi connectivity index (χ0) is 13.1. The smallest absolute Gasteiger partial charge is 0.446 e. The number of benzene rings is 1. The zero-order valence-corrected chi connectivity index (χ0v) is 9.79. The topological polar surface area (TPSA) is 49.3 Å². The van der Waals surface area contributed by atoms with Crippen molar-refractivity contribution < 1.29 is 23.1 Å². The summed E-state index contributed by atoms with van der Waals surface area (Å²) in [5, 5.41) is 11.0. The summed E-state index contributed by atoms with van der Waals surface area (Å²) in [5.74, 6) is -1.13. The lowest BCUT2D eigenvalue weighted by atomic mass is 10.3. The molecule has 94 valence electrons. The molecule has 17 heavy (non-hydrogen) atoms. The number of hydrogen-bond donors (Lipinski definition) is 2. The van der Waals surface area contributed by atoms with Crippen LogP contribution in [0.4, 0.5) is 18.9 Å². The van der Waals surface area contributed by atoms with Crippen molar-refractivity contribution in [2.45, 2.75) is 10.4 Å². The minimum Gasteiger partial charge on any atom is -0.480 e. The number of anilines is 1. The van der Waals surface area contributed by atoms with E-state index in [1.165, 1.54) is 12.1 Å². The highest BCUT2D eigenvalue weighted by Crippen LogP contribution is 2.38. The Hall–Kier alpha value is -1.08. The van der Waals surface area contributed by atoms with Crippen LogP contribution in [0.15, 0.2) is 23.1 Å². The van der Waals surface area contributed by atoms with Gasteiger partial charge in [0.15, 0.2) is 0 Å².